The average Bonchev–Trinajstić information content (AvgIpc) is 2.45. The zero-order valence-corrected chi connectivity index (χ0v) is 10.6. The minimum Gasteiger partial charge on any atom is -0.368 e. The van der Waals surface area contributed by atoms with E-state index >= 15 is 0 Å². The van der Waals surface area contributed by atoms with Gasteiger partial charge in [0.2, 0.25) is 5.91 Å². The standard InChI is InChI=1S/C14H13N3O3/c15-12(18)9-16-14(20)10-4-6-11(7-5-10)17-8-2-1-3-13(17)19/h1-8H,9H2,(H2,15,18)(H,16,20). The summed E-state index contributed by atoms with van der Waals surface area (Å²) in [5, 5.41) is 2.39. The SMILES string of the molecule is NC(=O)CNC(=O)c1ccc(-n2ccccc2=O)cc1. The maximum Gasteiger partial charge on any atom is 0.255 e. The molecule has 3 N–H and O–H groups in total. The van der Waals surface area contributed by atoms with E-state index in [2.05, 4.69) is 5.32 Å². The van der Waals surface area contributed by atoms with Crippen LogP contribution >= 0.6 is 0 Å². The van der Waals surface area contributed by atoms with Gasteiger partial charge in [0.05, 0.1) is 6.54 Å². The van der Waals surface area contributed by atoms with Crippen LogP contribution in [0.3, 0.4) is 0 Å². The molecule has 0 radical (unpaired) electrons. The van der Waals surface area contributed by atoms with Crippen molar-refractivity contribution in [1.82, 2.24) is 9.88 Å². The quantitative estimate of drug-likeness (QED) is 0.822. The summed E-state index contributed by atoms with van der Waals surface area (Å²) >= 11 is 0. The van der Waals surface area contributed by atoms with Crippen LogP contribution in [-0.2, 0) is 4.79 Å². The second-order valence-electron chi connectivity index (χ2n) is 4.10. The molecular weight excluding hydrogens is 258 g/mol. The molecule has 2 aromatic rings. The summed E-state index contributed by atoms with van der Waals surface area (Å²) in [4.78, 5) is 33.9. The van der Waals surface area contributed by atoms with Crippen LogP contribution in [0.2, 0.25) is 0 Å². The molecule has 0 atom stereocenters. The number of rotatable bonds is 4. The van der Waals surface area contributed by atoms with Crippen LogP contribution in [0.25, 0.3) is 5.69 Å². The second-order valence-corrected chi connectivity index (χ2v) is 4.10. The highest BCUT2D eigenvalue weighted by Gasteiger charge is 2.06. The van der Waals surface area contributed by atoms with Crippen molar-refractivity contribution in [1.29, 1.82) is 0 Å². The first-order chi connectivity index (χ1) is 9.58. The fourth-order valence-electron chi connectivity index (χ4n) is 1.68. The normalized spacial score (nSPS) is 10.0. The molecule has 0 bridgehead atoms. The molecule has 0 aliphatic rings. The van der Waals surface area contributed by atoms with Gasteiger partial charge in [-0.15, -0.1) is 0 Å². The molecule has 2 amide bonds. The van der Waals surface area contributed by atoms with E-state index in [1.807, 2.05) is 0 Å². The van der Waals surface area contributed by atoms with Crippen LogP contribution in [0.4, 0.5) is 0 Å². The molecule has 0 saturated carbocycles. The van der Waals surface area contributed by atoms with E-state index in [0.29, 0.717) is 11.3 Å². The van der Waals surface area contributed by atoms with E-state index in [-0.39, 0.29) is 12.1 Å². The monoisotopic (exact) mass is 271 g/mol. The molecule has 6 heteroatoms. The predicted octanol–water partition coefficient (Wildman–Crippen LogP) is 0.0526. The molecule has 2 rings (SSSR count). The number of hydrogen-bond acceptors (Lipinski definition) is 3. The third-order valence-corrected chi connectivity index (χ3v) is 2.65. The van der Waals surface area contributed by atoms with Gasteiger partial charge in [-0.2, -0.15) is 0 Å². The molecule has 0 aliphatic heterocycles. The first-order valence-electron chi connectivity index (χ1n) is 5.92. The Balaban J connectivity index is 2.18. The van der Waals surface area contributed by atoms with Gasteiger partial charge in [-0.1, -0.05) is 6.07 Å². The van der Waals surface area contributed by atoms with Crippen molar-refractivity contribution in [3.8, 4) is 5.69 Å². The molecular formula is C14H13N3O3. The summed E-state index contributed by atoms with van der Waals surface area (Å²) in [6.07, 6.45) is 1.64. The van der Waals surface area contributed by atoms with Crippen LogP contribution in [0.1, 0.15) is 10.4 Å². The predicted molar refractivity (Wildman–Crippen MR) is 73.6 cm³/mol. The summed E-state index contributed by atoms with van der Waals surface area (Å²) in [7, 11) is 0. The van der Waals surface area contributed by atoms with Gasteiger partial charge in [0.25, 0.3) is 11.5 Å². The van der Waals surface area contributed by atoms with E-state index in [0.717, 1.165) is 0 Å². The average molecular weight is 271 g/mol. The summed E-state index contributed by atoms with van der Waals surface area (Å²) in [5.41, 5.74) is 5.83. The van der Waals surface area contributed by atoms with Crippen LogP contribution in [-0.4, -0.2) is 22.9 Å². The smallest absolute Gasteiger partial charge is 0.255 e. The van der Waals surface area contributed by atoms with E-state index in [4.69, 9.17) is 5.73 Å². The number of carbonyl (C=O) groups excluding carboxylic acids is 2. The van der Waals surface area contributed by atoms with E-state index in [9.17, 15) is 14.4 Å². The number of nitrogens with one attached hydrogen (secondary N) is 1. The molecule has 0 unspecified atom stereocenters. The van der Waals surface area contributed by atoms with Gasteiger partial charge in [0, 0.05) is 23.5 Å². The number of nitrogens with two attached hydrogens (primary N) is 1. The van der Waals surface area contributed by atoms with Gasteiger partial charge in [0.1, 0.15) is 0 Å². The molecule has 0 aliphatic carbocycles. The van der Waals surface area contributed by atoms with E-state index in [1.165, 1.54) is 10.6 Å². The Kier molecular flexibility index (Phi) is 3.95. The Morgan fingerprint density at radius 1 is 1.10 bits per heavy atom. The minimum atomic E-state index is -0.606. The Morgan fingerprint density at radius 3 is 2.40 bits per heavy atom. The van der Waals surface area contributed by atoms with Crippen molar-refractivity contribution in [2.75, 3.05) is 6.54 Å². The highest BCUT2D eigenvalue weighted by atomic mass is 16.2. The van der Waals surface area contributed by atoms with Crippen LogP contribution in [0.15, 0.2) is 53.5 Å². The van der Waals surface area contributed by atoms with Gasteiger partial charge < -0.3 is 11.1 Å². The number of amides is 2. The zero-order chi connectivity index (χ0) is 14.5. The highest BCUT2D eigenvalue weighted by molar-refractivity contribution is 5.96. The van der Waals surface area contributed by atoms with Gasteiger partial charge in [-0.05, 0) is 30.3 Å². The summed E-state index contributed by atoms with van der Waals surface area (Å²) in [6.45, 7) is -0.210. The first-order valence-corrected chi connectivity index (χ1v) is 5.92. The van der Waals surface area contributed by atoms with Gasteiger partial charge in [-0.3, -0.25) is 19.0 Å². The number of benzene rings is 1. The third kappa shape index (κ3) is 3.11. The summed E-state index contributed by atoms with van der Waals surface area (Å²) in [5.74, 6) is -0.999. The number of nitrogens with zero attached hydrogens (tertiary/aromatic N) is 1. The van der Waals surface area contributed by atoms with E-state index in [1.54, 1.807) is 42.6 Å². The van der Waals surface area contributed by atoms with Crippen molar-refractivity contribution < 1.29 is 9.59 Å². The van der Waals surface area contributed by atoms with Gasteiger partial charge >= 0.3 is 0 Å². The lowest BCUT2D eigenvalue weighted by molar-refractivity contribution is -0.117. The number of pyridine rings is 1. The fourth-order valence-corrected chi connectivity index (χ4v) is 1.68. The molecule has 1 aromatic carbocycles. The molecule has 0 spiro atoms. The largest absolute Gasteiger partial charge is 0.368 e. The van der Waals surface area contributed by atoms with Crippen molar-refractivity contribution in [2.24, 2.45) is 5.73 Å². The molecule has 6 nitrogen and oxygen atoms in total. The maximum atomic E-state index is 11.7. The molecule has 1 heterocycles. The zero-order valence-electron chi connectivity index (χ0n) is 10.6. The van der Waals surface area contributed by atoms with Crippen molar-refractivity contribution in [3.05, 3.63) is 64.6 Å². The van der Waals surface area contributed by atoms with Crippen LogP contribution in [0.5, 0.6) is 0 Å². The van der Waals surface area contributed by atoms with Crippen molar-refractivity contribution in [3.63, 3.8) is 0 Å². The Labute approximate surface area is 114 Å². The molecule has 20 heavy (non-hydrogen) atoms. The number of primary amides is 1. The third-order valence-electron chi connectivity index (χ3n) is 2.65. The molecule has 1 aromatic heterocycles. The second kappa shape index (κ2) is 5.83. The molecule has 0 saturated heterocycles. The minimum absolute atomic E-state index is 0.154. The molecule has 0 fully saturated rings. The number of aromatic nitrogens is 1. The highest BCUT2D eigenvalue weighted by Crippen LogP contribution is 2.07. The topological polar surface area (TPSA) is 94.2 Å². The molecule has 102 valence electrons. The van der Waals surface area contributed by atoms with E-state index < -0.39 is 11.8 Å². The number of hydrogen-bond donors (Lipinski definition) is 2. The first kappa shape index (κ1) is 13.5. The number of carbonyl (C=O) groups is 2. The Morgan fingerprint density at radius 2 is 1.80 bits per heavy atom. The maximum absolute atomic E-state index is 11.7. The van der Waals surface area contributed by atoms with Gasteiger partial charge in [0.15, 0.2) is 0 Å². The lowest BCUT2D eigenvalue weighted by Gasteiger charge is -2.06. The fraction of sp³-hybridized carbons (Fsp3) is 0.0714. The summed E-state index contributed by atoms with van der Waals surface area (Å²) < 4.78 is 1.46. The Hall–Kier alpha value is -2.89. The summed E-state index contributed by atoms with van der Waals surface area (Å²) in [6, 6.07) is 11.3. The van der Waals surface area contributed by atoms with Crippen molar-refractivity contribution >= 4 is 11.8 Å². The Bertz CT molecular complexity index is 689. The van der Waals surface area contributed by atoms with Gasteiger partial charge in [-0.25, -0.2) is 0 Å². The lowest BCUT2D eigenvalue weighted by Crippen LogP contribution is -2.33. The van der Waals surface area contributed by atoms with Crippen molar-refractivity contribution in [2.45, 2.75) is 0 Å². The lowest BCUT2D eigenvalue weighted by atomic mass is 10.2. The van der Waals surface area contributed by atoms with Crippen LogP contribution < -0.4 is 16.6 Å². The van der Waals surface area contributed by atoms with Crippen LogP contribution in [0, 0.1) is 0 Å².